The highest BCUT2D eigenvalue weighted by Gasteiger charge is 2.22. The molecule has 2 N–H and O–H groups in total. The van der Waals surface area contributed by atoms with Crippen molar-refractivity contribution in [3.8, 4) is 5.88 Å². The van der Waals surface area contributed by atoms with E-state index in [0.717, 1.165) is 45.0 Å². The van der Waals surface area contributed by atoms with Crippen LogP contribution in [-0.4, -0.2) is 60.2 Å². The van der Waals surface area contributed by atoms with Crippen molar-refractivity contribution in [2.45, 2.75) is 26.3 Å². The summed E-state index contributed by atoms with van der Waals surface area (Å²) in [6, 6.07) is 0.498. The van der Waals surface area contributed by atoms with Crippen LogP contribution in [0.2, 0.25) is 0 Å². The van der Waals surface area contributed by atoms with Crippen molar-refractivity contribution in [3.63, 3.8) is 0 Å². The molecule has 20 heavy (non-hydrogen) atoms. The topological polar surface area (TPSA) is 67.5 Å². The number of piperazine rings is 1. The summed E-state index contributed by atoms with van der Waals surface area (Å²) >= 11 is 0. The van der Waals surface area contributed by atoms with E-state index >= 15 is 0 Å². The minimum Gasteiger partial charge on any atom is -0.477 e. The van der Waals surface area contributed by atoms with Crippen LogP contribution in [0.1, 0.15) is 20.3 Å². The van der Waals surface area contributed by atoms with E-state index in [9.17, 15) is 0 Å². The number of hydrogen-bond acceptors (Lipinski definition) is 6. The first-order valence-corrected chi connectivity index (χ1v) is 7.42. The summed E-state index contributed by atoms with van der Waals surface area (Å²) in [4.78, 5) is 13.4. The lowest BCUT2D eigenvalue weighted by Gasteiger charge is -2.39. The monoisotopic (exact) mass is 279 g/mol. The highest BCUT2D eigenvalue weighted by atomic mass is 16.5. The second-order valence-electron chi connectivity index (χ2n) is 4.97. The second-order valence-corrected chi connectivity index (χ2v) is 4.97. The first kappa shape index (κ1) is 15.0. The first-order chi connectivity index (χ1) is 9.78. The van der Waals surface area contributed by atoms with Gasteiger partial charge >= 0.3 is 0 Å². The van der Waals surface area contributed by atoms with Gasteiger partial charge < -0.3 is 15.4 Å². The molecule has 1 unspecified atom stereocenters. The van der Waals surface area contributed by atoms with Crippen LogP contribution in [0.25, 0.3) is 0 Å². The molecule has 112 valence electrons. The van der Waals surface area contributed by atoms with Crippen LogP contribution in [0.15, 0.2) is 12.4 Å². The predicted octanol–water partition coefficient (Wildman–Crippen LogP) is 0.735. The Morgan fingerprint density at radius 2 is 2.00 bits per heavy atom. The summed E-state index contributed by atoms with van der Waals surface area (Å²) in [6.45, 7) is 9.45. The first-order valence-electron chi connectivity index (χ1n) is 7.42. The van der Waals surface area contributed by atoms with Gasteiger partial charge in [-0.2, -0.15) is 4.98 Å². The van der Waals surface area contributed by atoms with E-state index in [-0.39, 0.29) is 0 Å². The van der Waals surface area contributed by atoms with Gasteiger partial charge in [0.05, 0.1) is 19.0 Å². The van der Waals surface area contributed by atoms with Crippen molar-refractivity contribution < 1.29 is 4.74 Å². The summed E-state index contributed by atoms with van der Waals surface area (Å²) in [7, 11) is 0. The Labute approximate surface area is 120 Å². The highest BCUT2D eigenvalue weighted by Crippen LogP contribution is 2.17. The van der Waals surface area contributed by atoms with Gasteiger partial charge in [0.15, 0.2) is 5.82 Å². The van der Waals surface area contributed by atoms with Crippen molar-refractivity contribution in [1.29, 1.82) is 0 Å². The summed E-state index contributed by atoms with van der Waals surface area (Å²) in [5, 5.41) is 0. The van der Waals surface area contributed by atoms with Gasteiger partial charge in [0.2, 0.25) is 5.88 Å². The van der Waals surface area contributed by atoms with E-state index in [1.807, 2.05) is 6.92 Å². The van der Waals surface area contributed by atoms with Crippen LogP contribution in [-0.2, 0) is 0 Å². The Morgan fingerprint density at radius 3 is 2.60 bits per heavy atom. The third kappa shape index (κ3) is 3.58. The van der Waals surface area contributed by atoms with Crippen LogP contribution >= 0.6 is 0 Å². The van der Waals surface area contributed by atoms with Crippen molar-refractivity contribution in [2.24, 2.45) is 5.73 Å². The van der Waals surface area contributed by atoms with Gasteiger partial charge in [-0.05, 0) is 13.3 Å². The Kier molecular flexibility index (Phi) is 5.55. The zero-order valence-electron chi connectivity index (χ0n) is 12.5. The fourth-order valence-electron chi connectivity index (χ4n) is 2.60. The minimum atomic E-state index is 0.498. The standard InChI is InChI=1S/C14H25N5O/c1-3-12(9-15)18-5-7-19(8-6-18)13-10-16-11-14(17-13)20-4-2/h10-12H,3-9,15H2,1-2H3. The summed E-state index contributed by atoms with van der Waals surface area (Å²) in [5.41, 5.74) is 5.82. The number of nitrogens with two attached hydrogens (primary N) is 1. The molecule has 1 saturated heterocycles. The molecule has 0 saturated carbocycles. The number of aromatic nitrogens is 2. The van der Waals surface area contributed by atoms with E-state index in [4.69, 9.17) is 10.5 Å². The predicted molar refractivity (Wildman–Crippen MR) is 80.1 cm³/mol. The van der Waals surface area contributed by atoms with E-state index < -0.39 is 0 Å². The fraction of sp³-hybridized carbons (Fsp3) is 0.714. The van der Waals surface area contributed by atoms with Crippen molar-refractivity contribution in [1.82, 2.24) is 14.9 Å². The largest absolute Gasteiger partial charge is 0.477 e. The van der Waals surface area contributed by atoms with Gasteiger partial charge in [-0.3, -0.25) is 9.88 Å². The molecular weight excluding hydrogens is 254 g/mol. The van der Waals surface area contributed by atoms with E-state index in [2.05, 4.69) is 26.7 Å². The summed E-state index contributed by atoms with van der Waals surface area (Å²) in [5.74, 6) is 1.50. The molecule has 0 radical (unpaired) electrons. The molecule has 1 aliphatic rings. The lowest BCUT2D eigenvalue weighted by molar-refractivity contribution is 0.184. The smallest absolute Gasteiger partial charge is 0.234 e. The van der Waals surface area contributed by atoms with Crippen molar-refractivity contribution in [2.75, 3.05) is 44.2 Å². The van der Waals surface area contributed by atoms with Gasteiger partial charge in [0.1, 0.15) is 0 Å². The minimum absolute atomic E-state index is 0.498. The molecule has 0 aromatic carbocycles. The zero-order chi connectivity index (χ0) is 14.4. The van der Waals surface area contributed by atoms with Crippen LogP contribution in [0.4, 0.5) is 5.82 Å². The van der Waals surface area contributed by atoms with Gasteiger partial charge in [-0.1, -0.05) is 6.92 Å². The molecule has 0 spiro atoms. The van der Waals surface area contributed by atoms with Crippen molar-refractivity contribution >= 4 is 5.82 Å². The lowest BCUT2D eigenvalue weighted by Crippen LogP contribution is -2.52. The zero-order valence-corrected chi connectivity index (χ0v) is 12.5. The Hall–Kier alpha value is -1.40. The van der Waals surface area contributed by atoms with E-state index in [1.165, 1.54) is 0 Å². The van der Waals surface area contributed by atoms with Gasteiger partial charge in [0, 0.05) is 38.8 Å². The maximum absolute atomic E-state index is 5.82. The third-order valence-corrected chi connectivity index (χ3v) is 3.79. The summed E-state index contributed by atoms with van der Waals surface area (Å²) in [6.07, 6.45) is 4.57. The second kappa shape index (κ2) is 7.40. The molecule has 1 aromatic heterocycles. The number of nitrogens with zero attached hydrogens (tertiary/aromatic N) is 4. The van der Waals surface area contributed by atoms with Crippen molar-refractivity contribution in [3.05, 3.63) is 12.4 Å². The average Bonchev–Trinajstić information content (AvgIpc) is 2.50. The molecular formula is C14H25N5O. The molecule has 0 bridgehead atoms. The Balaban J connectivity index is 1.94. The fourth-order valence-corrected chi connectivity index (χ4v) is 2.60. The molecule has 1 aliphatic heterocycles. The van der Waals surface area contributed by atoms with E-state index in [1.54, 1.807) is 12.4 Å². The molecule has 2 heterocycles. The number of anilines is 1. The number of hydrogen-bond donors (Lipinski definition) is 1. The normalized spacial score (nSPS) is 18.1. The number of rotatable bonds is 6. The third-order valence-electron chi connectivity index (χ3n) is 3.79. The van der Waals surface area contributed by atoms with E-state index in [0.29, 0.717) is 18.5 Å². The van der Waals surface area contributed by atoms with Crippen LogP contribution in [0.3, 0.4) is 0 Å². The lowest BCUT2D eigenvalue weighted by atomic mass is 10.1. The maximum atomic E-state index is 5.82. The van der Waals surface area contributed by atoms with Crippen LogP contribution in [0, 0.1) is 0 Å². The maximum Gasteiger partial charge on any atom is 0.234 e. The SMILES string of the molecule is CCOc1cncc(N2CCN(C(CC)CN)CC2)n1. The molecule has 1 atom stereocenters. The molecule has 6 nitrogen and oxygen atoms in total. The molecule has 1 aromatic rings. The quantitative estimate of drug-likeness (QED) is 0.828. The molecule has 1 fully saturated rings. The molecule has 0 aliphatic carbocycles. The van der Waals surface area contributed by atoms with Crippen LogP contribution < -0.4 is 15.4 Å². The highest BCUT2D eigenvalue weighted by molar-refractivity contribution is 5.38. The van der Waals surface area contributed by atoms with Crippen LogP contribution in [0.5, 0.6) is 5.88 Å². The molecule has 6 heteroatoms. The molecule has 2 rings (SSSR count). The number of ether oxygens (including phenoxy) is 1. The average molecular weight is 279 g/mol. The van der Waals surface area contributed by atoms with Gasteiger partial charge in [-0.25, -0.2) is 0 Å². The summed E-state index contributed by atoms with van der Waals surface area (Å²) < 4.78 is 5.40. The Bertz CT molecular complexity index is 402. The van der Waals surface area contributed by atoms with Gasteiger partial charge in [0.25, 0.3) is 0 Å². The Morgan fingerprint density at radius 1 is 1.25 bits per heavy atom. The molecule has 0 amide bonds. The van der Waals surface area contributed by atoms with Gasteiger partial charge in [-0.15, -0.1) is 0 Å².